The smallest absolute Gasteiger partial charge is 0.361 e. The number of benzene rings is 2. The number of fused-ring (bicyclic) bond motifs is 2. The Labute approximate surface area is 188 Å². The summed E-state index contributed by atoms with van der Waals surface area (Å²) < 4.78 is 38.1. The number of piperidine rings is 1. The Hall–Kier alpha value is -3.13. The van der Waals surface area contributed by atoms with Gasteiger partial charge in [-0.05, 0) is 48.6 Å². The lowest BCUT2D eigenvalue weighted by Gasteiger charge is -2.45. The van der Waals surface area contributed by atoms with Gasteiger partial charge in [0.25, 0.3) is 5.91 Å². The number of nitrogens with one attached hydrogen (secondary N) is 2. The third-order valence-corrected chi connectivity index (χ3v) is 6.90. The van der Waals surface area contributed by atoms with E-state index < -0.39 is 18.0 Å². The Morgan fingerprint density at radius 2 is 1.79 bits per heavy atom. The van der Waals surface area contributed by atoms with Gasteiger partial charge in [0, 0.05) is 47.9 Å². The van der Waals surface area contributed by atoms with Crippen LogP contribution in [0.25, 0.3) is 10.9 Å². The number of amides is 1. The number of hydrogen-bond donors (Lipinski definition) is 2. The first kappa shape index (κ1) is 21.7. The van der Waals surface area contributed by atoms with Crippen LogP contribution in [-0.4, -0.2) is 40.6 Å². The SMILES string of the molecule is O=C(c1ccc2c(=O)c(CC(F)(F)F)c[nH]c2c1)N1CCC2(CC1)Cc1ccccc1CN2. The number of alkyl halides is 3. The molecule has 2 N–H and O–H groups in total. The largest absolute Gasteiger partial charge is 0.393 e. The Kier molecular flexibility index (Phi) is 5.28. The lowest BCUT2D eigenvalue weighted by Crippen LogP contribution is -2.57. The molecule has 1 fully saturated rings. The van der Waals surface area contributed by atoms with Crippen molar-refractivity contribution in [1.82, 2.24) is 15.2 Å². The molecule has 2 aromatic carbocycles. The van der Waals surface area contributed by atoms with E-state index in [1.54, 1.807) is 6.07 Å². The molecule has 172 valence electrons. The number of rotatable bonds is 2. The number of halogens is 3. The highest BCUT2D eigenvalue weighted by atomic mass is 19.4. The standard InChI is InChI=1S/C25H24F3N3O2/c26-25(27,28)13-19-14-29-21-11-16(5-6-20(21)22(19)32)23(33)31-9-7-24(8-10-31)12-17-3-1-2-4-18(17)15-30-24/h1-6,11,14,30H,7-10,12-13,15H2,(H,29,32). The maximum Gasteiger partial charge on any atom is 0.393 e. The normalized spacial score (nSPS) is 17.8. The van der Waals surface area contributed by atoms with E-state index in [9.17, 15) is 22.8 Å². The fraction of sp³-hybridized carbons (Fsp3) is 0.360. The second-order valence-electron chi connectivity index (χ2n) is 9.07. The van der Waals surface area contributed by atoms with Crippen LogP contribution in [0.1, 0.15) is 39.9 Å². The van der Waals surface area contributed by atoms with E-state index in [0.29, 0.717) is 24.2 Å². The summed E-state index contributed by atoms with van der Waals surface area (Å²) in [6.07, 6.45) is -2.02. The molecule has 2 aliphatic rings. The molecule has 3 heterocycles. The number of carbonyl (C=O) groups is 1. The van der Waals surface area contributed by atoms with Crippen molar-refractivity contribution < 1.29 is 18.0 Å². The molecule has 8 heteroatoms. The molecule has 0 radical (unpaired) electrons. The summed E-state index contributed by atoms with van der Waals surface area (Å²) in [7, 11) is 0. The number of carbonyl (C=O) groups excluding carboxylic acids is 1. The van der Waals surface area contributed by atoms with Gasteiger partial charge in [0.05, 0.1) is 11.9 Å². The lowest BCUT2D eigenvalue weighted by molar-refractivity contribution is -0.127. The quantitative estimate of drug-likeness (QED) is 0.615. The average Bonchev–Trinajstić information content (AvgIpc) is 2.80. The zero-order chi connectivity index (χ0) is 23.2. The van der Waals surface area contributed by atoms with Crippen molar-refractivity contribution in [2.75, 3.05) is 13.1 Å². The summed E-state index contributed by atoms with van der Waals surface area (Å²) in [4.78, 5) is 30.1. The van der Waals surface area contributed by atoms with Gasteiger partial charge in [0.2, 0.25) is 0 Å². The van der Waals surface area contributed by atoms with Crippen LogP contribution >= 0.6 is 0 Å². The maximum atomic E-state index is 13.1. The fourth-order valence-electron chi connectivity index (χ4n) is 5.03. The monoisotopic (exact) mass is 455 g/mol. The summed E-state index contributed by atoms with van der Waals surface area (Å²) in [6, 6.07) is 12.9. The molecule has 0 unspecified atom stereocenters. The zero-order valence-electron chi connectivity index (χ0n) is 18.0. The molecule has 1 amide bonds. The third-order valence-electron chi connectivity index (χ3n) is 6.90. The van der Waals surface area contributed by atoms with E-state index in [1.807, 2.05) is 11.0 Å². The molecule has 5 nitrogen and oxygen atoms in total. The van der Waals surface area contributed by atoms with Crippen molar-refractivity contribution >= 4 is 16.8 Å². The predicted octanol–water partition coefficient (Wildman–Crippen LogP) is 3.95. The lowest BCUT2D eigenvalue weighted by atomic mass is 9.78. The first-order valence-corrected chi connectivity index (χ1v) is 11.1. The number of likely N-dealkylation sites (tertiary alicyclic amines) is 1. The minimum atomic E-state index is -4.46. The van der Waals surface area contributed by atoms with Gasteiger partial charge in [0.15, 0.2) is 5.43 Å². The van der Waals surface area contributed by atoms with Gasteiger partial charge in [0.1, 0.15) is 0 Å². The minimum Gasteiger partial charge on any atom is -0.361 e. The molecule has 3 aromatic rings. The van der Waals surface area contributed by atoms with Crippen molar-refractivity contribution in [3.05, 3.63) is 81.1 Å². The van der Waals surface area contributed by atoms with Gasteiger partial charge in [-0.1, -0.05) is 24.3 Å². The minimum absolute atomic E-state index is 0.00532. The number of pyridine rings is 1. The number of aromatic nitrogens is 1. The van der Waals surface area contributed by atoms with Crippen LogP contribution in [0.3, 0.4) is 0 Å². The van der Waals surface area contributed by atoms with E-state index in [0.717, 1.165) is 32.0 Å². The topological polar surface area (TPSA) is 65.2 Å². The van der Waals surface area contributed by atoms with Gasteiger partial charge in [-0.3, -0.25) is 9.59 Å². The Morgan fingerprint density at radius 1 is 1.06 bits per heavy atom. The Morgan fingerprint density at radius 3 is 2.52 bits per heavy atom. The van der Waals surface area contributed by atoms with Crippen LogP contribution < -0.4 is 10.7 Å². The molecule has 1 aromatic heterocycles. The van der Waals surface area contributed by atoms with E-state index >= 15 is 0 Å². The van der Waals surface area contributed by atoms with Gasteiger partial charge in [-0.25, -0.2) is 0 Å². The van der Waals surface area contributed by atoms with Crippen LogP contribution in [0.15, 0.2) is 53.5 Å². The van der Waals surface area contributed by atoms with Gasteiger partial charge < -0.3 is 15.2 Å². The van der Waals surface area contributed by atoms with Crippen molar-refractivity contribution in [3.8, 4) is 0 Å². The number of H-pyrrole nitrogens is 1. The summed E-state index contributed by atoms with van der Waals surface area (Å²) in [6.45, 7) is 2.07. The second kappa shape index (κ2) is 8.02. The van der Waals surface area contributed by atoms with Crippen LogP contribution in [0.2, 0.25) is 0 Å². The van der Waals surface area contributed by atoms with Gasteiger partial charge >= 0.3 is 6.18 Å². The molecule has 33 heavy (non-hydrogen) atoms. The predicted molar refractivity (Wildman–Crippen MR) is 119 cm³/mol. The van der Waals surface area contributed by atoms with Crippen LogP contribution in [0.4, 0.5) is 13.2 Å². The molecule has 1 saturated heterocycles. The van der Waals surface area contributed by atoms with Crippen LogP contribution in [-0.2, 0) is 19.4 Å². The molecule has 5 rings (SSSR count). The molecular weight excluding hydrogens is 431 g/mol. The number of nitrogens with zero attached hydrogens (tertiary/aromatic N) is 1. The van der Waals surface area contributed by atoms with E-state index in [4.69, 9.17) is 0 Å². The summed E-state index contributed by atoms with van der Waals surface area (Å²) in [5.41, 5.74) is 2.45. The van der Waals surface area contributed by atoms with Crippen molar-refractivity contribution in [2.24, 2.45) is 0 Å². The van der Waals surface area contributed by atoms with Crippen molar-refractivity contribution in [1.29, 1.82) is 0 Å². The second-order valence-corrected chi connectivity index (χ2v) is 9.07. The Balaban J connectivity index is 1.31. The molecule has 0 bridgehead atoms. The highest BCUT2D eigenvalue weighted by Gasteiger charge is 2.38. The number of aromatic amines is 1. The molecular formula is C25H24F3N3O2. The fourth-order valence-corrected chi connectivity index (χ4v) is 5.03. The van der Waals surface area contributed by atoms with Crippen molar-refractivity contribution in [2.45, 2.75) is 43.9 Å². The van der Waals surface area contributed by atoms with E-state index in [1.165, 1.54) is 23.3 Å². The van der Waals surface area contributed by atoms with Gasteiger partial charge in [-0.15, -0.1) is 0 Å². The average molecular weight is 455 g/mol. The van der Waals surface area contributed by atoms with Crippen LogP contribution in [0, 0.1) is 0 Å². The van der Waals surface area contributed by atoms with Crippen molar-refractivity contribution in [3.63, 3.8) is 0 Å². The maximum absolute atomic E-state index is 13.1. The Bertz CT molecular complexity index is 1270. The van der Waals surface area contributed by atoms with Crippen LogP contribution in [0.5, 0.6) is 0 Å². The highest BCUT2D eigenvalue weighted by molar-refractivity contribution is 5.97. The first-order valence-electron chi connectivity index (χ1n) is 11.1. The highest BCUT2D eigenvalue weighted by Crippen LogP contribution is 2.32. The van der Waals surface area contributed by atoms with E-state index in [-0.39, 0.29) is 22.4 Å². The molecule has 0 aliphatic carbocycles. The summed E-state index contributed by atoms with van der Waals surface area (Å²) in [5, 5.41) is 3.83. The molecule has 0 atom stereocenters. The summed E-state index contributed by atoms with van der Waals surface area (Å²) in [5.74, 6) is -0.136. The first-order chi connectivity index (χ1) is 15.7. The van der Waals surface area contributed by atoms with E-state index in [2.05, 4.69) is 28.5 Å². The summed E-state index contributed by atoms with van der Waals surface area (Å²) >= 11 is 0. The molecule has 2 aliphatic heterocycles. The molecule has 1 spiro atoms. The zero-order valence-corrected chi connectivity index (χ0v) is 18.0. The number of hydrogen-bond acceptors (Lipinski definition) is 3. The van der Waals surface area contributed by atoms with Gasteiger partial charge in [-0.2, -0.15) is 13.2 Å². The molecule has 0 saturated carbocycles. The third kappa shape index (κ3) is 4.27.